The fourth-order valence-electron chi connectivity index (χ4n) is 3.95. The number of rotatable bonds is 5. The molecule has 1 aliphatic heterocycles. The van der Waals surface area contributed by atoms with Crippen LogP contribution in [0.15, 0.2) is 24.3 Å². The number of halogens is 3. The molecule has 0 aromatic heterocycles. The summed E-state index contributed by atoms with van der Waals surface area (Å²) in [4.78, 5) is 17.3. The molecule has 1 aromatic carbocycles. The Morgan fingerprint density at radius 1 is 1.21 bits per heavy atom. The number of anilines is 1. The van der Waals surface area contributed by atoms with Gasteiger partial charge in [-0.15, -0.1) is 24.8 Å². The van der Waals surface area contributed by atoms with Crippen LogP contribution in [-0.4, -0.2) is 55.7 Å². The van der Waals surface area contributed by atoms with E-state index in [-0.39, 0.29) is 48.8 Å². The summed E-state index contributed by atoms with van der Waals surface area (Å²) in [5.41, 5.74) is 7.31. The van der Waals surface area contributed by atoms with Gasteiger partial charge in [-0.3, -0.25) is 4.79 Å². The highest BCUT2D eigenvalue weighted by molar-refractivity contribution is 6.30. The van der Waals surface area contributed by atoms with Crippen LogP contribution in [0.2, 0.25) is 5.02 Å². The summed E-state index contributed by atoms with van der Waals surface area (Å²) in [6, 6.07) is 7.97. The van der Waals surface area contributed by atoms with Crippen molar-refractivity contribution >= 4 is 48.0 Å². The van der Waals surface area contributed by atoms with Gasteiger partial charge in [-0.25, -0.2) is 0 Å². The van der Waals surface area contributed by atoms with Crippen molar-refractivity contribution < 1.29 is 9.53 Å². The molecule has 3 atom stereocenters. The molecular formula is C20H32Cl3N3O2. The number of nitrogens with zero attached hydrogens (tertiary/aromatic N) is 2. The maximum atomic E-state index is 13.0. The van der Waals surface area contributed by atoms with E-state index in [0.29, 0.717) is 0 Å². The summed E-state index contributed by atoms with van der Waals surface area (Å²) in [6.45, 7) is 6.01. The van der Waals surface area contributed by atoms with E-state index in [1.807, 2.05) is 23.1 Å². The second-order valence-electron chi connectivity index (χ2n) is 7.38. The Kier molecular flexibility index (Phi) is 10.9. The number of carbonyl (C=O) groups excluding carboxylic acids is 1. The van der Waals surface area contributed by atoms with Crippen LogP contribution in [0.25, 0.3) is 0 Å². The molecule has 8 heteroatoms. The summed E-state index contributed by atoms with van der Waals surface area (Å²) in [5, 5.41) is 0.748. The lowest BCUT2D eigenvalue weighted by Crippen LogP contribution is -2.52. The average Bonchev–Trinajstić information content (AvgIpc) is 2.67. The number of nitrogens with two attached hydrogens (primary N) is 1. The summed E-state index contributed by atoms with van der Waals surface area (Å²) in [5.74, 6) is 0.321. The molecule has 0 spiro atoms. The first-order valence-electron chi connectivity index (χ1n) is 9.75. The van der Waals surface area contributed by atoms with E-state index in [1.54, 1.807) is 0 Å². The third kappa shape index (κ3) is 6.39. The minimum absolute atomic E-state index is 0. The van der Waals surface area contributed by atoms with Crippen LogP contribution in [0.4, 0.5) is 5.69 Å². The normalized spacial score (nSPS) is 24.9. The molecule has 1 aliphatic carbocycles. The summed E-state index contributed by atoms with van der Waals surface area (Å²) in [7, 11) is 0. The second kappa shape index (κ2) is 12.1. The molecule has 160 valence electrons. The lowest BCUT2D eigenvalue weighted by Gasteiger charge is -2.40. The van der Waals surface area contributed by atoms with Gasteiger partial charge in [0.15, 0.2) is 0 Å². The molecule has 1 saturated carbocycles. The highest BCUT2D eigenvalue weighted by Crippen LogP contribution is 2.28. The van der Waals surface area contributed by atoms with E-state index in [1.165, 1.54) is 0 Å². The van der Waals surface area contributed by atoms with E-state index in [2.05, 4.69) is 17.9 Å². The largest absolute Gasteiger partial charge is 0.377 e. The van der Waals surface area contributed by atoms with Gasteiger partial charge in [-0.2, -0.15) is 0 Å². The Hall–Kier alpha value is -0.720. The van der Waals surface area contributed by atoms with Gasteiger partial charge in [0.05, 0.1) is 6.10 Å². The Bertz CT molecular complexity index is 612. The Morgan fingerprint density at radius 2 is 1.93 bits per heavy atom. The smallest absolute Gasteiger partial charge is 0.225 e. The van der Waals surface area contributed by atoms with Crippen molar-refractivity contribution in [2.75, 3.05) is 37.7 Å². The number of ether oxygens (including phenoxy) is 1. The van der Waals surface area contributed by atoms with Gasteiger partial charge in [-0.05, 0) is 43.9 Å². The van der Waals surface area contributed by atoms with Gasteiger partial charge in [0, 0.05) is 55.5 Å². The van der Waals surface area contributed by atoms with Crippen LogP contribution in [0.3, 0.4) is 0 Å². The monoisotopic (exact) mass is 451 g/mol. The van der Waals surface area contributed by atoms with Crippen molar-refractivity contribution in [2.24, 2.45) is 11.7 Å². The van der Waals surface area contributed by atoms with E-state index in [0.717, 1.165) is 69.2 Å². The fourth-order valence-corrected chi connectivity index (χ4v) is 4.14. The minimum atomic E-state index is 0. The summed E-state index contributed by atoms with van der Waals surface area (Å²) < 4.78 is 5.88. The molecule has 2 aliphatic rings. The molecule has 3 rings (SSSR count). The van der Waals surface area contributed by atoms with E-state index in [4.69, 9.17) is 22.1 Å². The zero-order chi connectivity index (χ0) is 18.5. The molecular weight excluding hydrogens is 421 g/mol. The standard InChI is InChI=1S/C20H30ClN3O2.2ClH/c1-2-12-26-19-13-15(6-7-18(19)22)20(25)24-10-8-23(9-11-24)17-5-3-4-16(21)14-17;;/h3-5,14-15,18-19H,2,6-13,22H2,1H3;2*1H/t15-,18+,19+;;/m0../s1. The summed E-state index contributed by atoms with van der Waals surface area (Å²) >= 11 is 6.09. The van der Waals surface area contributed by atoms with Crippen LogP contribution in [-0.2, 0) is 9.53 Å². The van der Waals surface area contributed by atoms with Crippen LogP contribution < -0.4 is 10.6 Å². The second-order valence-corrected chi connectivity index (χ2v) is 7.81. The van der Waals surface area contributed by atoms with Crippen LogP contribution in [0, 0.1) is 5.92 Å². The van der Waals surface area contributed by atoms with Crippen LogP contribution in [0.1, 0.15) is 32.6 Å². The quantitative estimate of drug-likeness (QED) is 0.739. The van der Waals surface area contributed by atoms with Crippen molar-refractivity contribution in [1.29, 1.82) is 0 Å². The zero-order valence-electron chi connectivity index (χ0n) is 16.4. The minimum Gasteiger partial charge on any atom is -0.377 e. The third-order valence-corrected chi connectivity index (χ3v) is 5.73. The molecule has 5 nitrogen and oxygen atoms in total. The van der Waals surface area contributed by atoms with Crippen LogP contribution >= 0.6 is 36.4 Å². The molecule has 1 aromatic rings. The molecule has 0 bridgehead atoms. The van der Waals surface area contributed by atoms with E-state index < -0.39 is 0 Å². The van der Waals surface area contributed by atoms with Crippen molar-refractivity contribution in [3.63, 3.8) is 0 Å². The van der Waals surface area contributed by atoms with Crippen molar-refractivity contribution in [2.45, 2.75) is 44.8 Å². The van der Waals surface area contributed by atoms with Crippen LogP contribution in [0.5, 0.6) is 0 Å². The predicted molar refractivity (Wildman–Crippen MR) is 120 cm³/mol. The van der Waals surface area contributed by atoms with Gasteiger partial charge in [-0.1, -0.05) is 24.6 Å². The van der Waals surface area contributed by atoms with Crippen molar-refractivity contribution in [1.82, 2.24) is 4.90 Å². The molecule has 0 unspecified atom stereocenters. The lowest BCUT2D eigenvalue weighted by molar-refractivity contribution is -0.139. The maximum Gasteiger partial charge on any atom is 0.225 e. The number of piperazine rings is 1. The Balaban J connectivity index is 0.00000196. The molecule has 1 saturated heterocycles. The molecule has 1 heterocycles. The summed E-state index contributed by atoms with van der Waals surface area (Å²) in [6.07, 6.45) is 3.50. The molecule has 2 fully saturated rings. The highest BCUT2D eigenvalue weighted by Gasteiger charge is 2.35. The van der Waals surface area contributed by atoms with E-state index >= 15 is 0 Å². The SMILES string of the molecule is CCCO[C@@H]1C[C@@H](C(=O)N2CCN(c3cccc(Cl)c3)CC2)CC[C@H]1N.Cl.Cl. The zero-order valence-corrected chi connectivity index (χ0v) is 18.8. The molecule has 0 radical (unpaired) electrons. The van der Waals surface area contributed by atoms with Gasteiger partial charge in [0.2, 0.25) is 5.91 Å². The van der Waals surface area contributed by atoms with E-state index in [9.17, 15) is 4.79 Å². The topological polar surface area (TPSA) is 58.8 Å². The first-order chi connectivity index (χ1) is 12.6. The fraction of sp³-hybridized carbons (Fsp3) is 0.650. The predicted octanol–water partition coefficient (Wildman–Crippen LogP) is 3.75. The first kappa shape index (κ1) is 25.3. The third-order valence-electron chi connectivity index (χ3n) is 5.49. The number of carbonyl (C=O) groups is 1. The maximum absolute atomic E-state index is 13.0. The number of amides is 1. The molecule has 2 N–H and O–H groups in total. The number of benzene rings is 1. The lowest BCUT2D eigenvalue weighted by atomic mass is 9.83. The Labute approximate surface area is 185 Å². The van der Waals surface area contributed by atoms with Gasteiger partial charge >= 0.3 is 0 Å². The highest BCUT2D eigenvalue weighted by atomic mass is 35.5. The number of hydrogen-bond donors (Lipinski definition) is 1. The Morgan fingerprint density at radius 3 is 2.57 bits per heavy atom. The van der Waals surface area contributed by atoms with Gasteiger partial charge in [0.1, 0.15) is 0 Å². The number of hydrogen-bond acceptors (Lipinski definition) is 4. The molecule has 1 amide bonds. The van der Waals surface area contributed by atoms with Crippen molar-refractivity contribution in [3.05, 3.63) is 29.3 Å². The van der Waals surface area contributed by atoms with Gasteiger partial charge in [0.25, 0.3) is 0 Å². The average molecular weight is 453 g/mol. The molecule has 28 heavy (non-hydrogen) atoms. The van der Waals surface area contributed by atoms with Crippen molar-refractivity contribution in [3.8, 4) is 0 Å². The first-order valence-corrected chi connectivity index (χ1v) is 10.1. The van der Waals surface area contributed by atoms with Gasteiger partial charge < -0.3 is 20.3 Å².